The number of nitriles is 1. The van der Waals surface area contributed by atoms with Gasteiger partial charge in [-0.2, -0.15) is 5.26 Å². The molecule has 0 saturated heterocycles. The molecular weight excluding hydrogens is 713 g/mol. The van der Waals surface area contributed by atoms with E-state index in [1.165, 1.54) is 7.11 Å². The van der Waals surface area contributed by atoms with Crippen LogP contribution in [0.4, 0.5) is 0 Å². The van der Waals surface area contributed by atoms with Crippen LogP contribution in [-0.4, -0.2) is 37.7 Å². The van der Waals surface area contributed by atoms with Crippen LogP contribution in [0.1, 0.15) is 39.5 Å². The molecular formula is C42H35Cl2N3O6. The van der Waals surface area contributed by atoms with Crippen molar-refractivity contribution in [3.05, 3.63) is 147 Å². The van der Waals surface area contributed by atoms with Gasteiger partial charge < -0.3 is 29.6 Å². The van der Waals surface area contributed by atoms with Crippen LogP contribution in [0.25, 0.3) is 11.1 Å². The summed E-state index contributed by atoms with van der Waals surface area (Å²) in [5.74, 6) is 1.16. The van der Waals surface area contributed by atoms with E-state index in [2.05, 4.69) is 16.7 Å². The highest BCUT2D eigenvalue weighted by Crippen LogP contribution is 2.40. The number of fused-ring (bicyclic) bond motifs is 2. The van der Waals surface area contributed by atoms with Gasteiger partial charge in [-0.15, -0.1) is 0 Å². The number of halogens is 2. The SMILES string of the molecule is COC(=O)[C@@H](Cc1ccc(-c2ccc(C#N)cc2)cc1)NC(=O)[C@@H]1Cc2cc3c(cc2CN1)OC(c1ccc(OCc2ccc(Cl)c(Cl)c2)cc1)CO3. The second-order valence-electron chi connectivity index (χ2n) is 12.9. The largest absolute Gasteiger partial charge is 0.489 e. The van der Waals surface area contributed by atoms with E-state index in [1.54, 1.807) is 24.3 Å². The highest BCUT2D eigenvalue weighted by atomic mass is 35.5. The Morgan fingerprint density at radius 2 is 1.58 bits per heavy atom. The summed E-state index contributed by atoms with van der Waals surface area (Å²) in [6.45, 7) is 1.13. The minimum atomic E-state index is -0.864. The van der Waals surface area contributed by atoms with Gasteiger partial charge in [0.05, 0.1) is 34.8 Å². The molecule has 2 aliphatic rings. The molecule has 7 rings (SSSR count). The maximum atomic E-state index is 13.5. The van der Waals surface area contributed by atoms with Crippen LogP contribution in [-0.2, 0) is 40.3 Å². The second kappa shape index (κ2) is 16.0. The first-order valence-corrected chi connectivity index (χ1v) is 17.8. The number of rotatable bonds is 10. The molecule has 0 aromatic heterocycles. The normalized spacial score (nSPS) is 16.4. The quantitative estimate of drug-likeness (QED) is 0.141. The Bertz CT molecular complexity index is 2170. The lowest BCUT2D eigenvalue weighted by molar-refractivity contribution is -0.145. The Balaban J connectivity index is 0.949. The van der Waals surface area contributed by atoms with Gasteiger partial charge in [-0.3, -0.25) is 4.79 Å². The predicted molar refractivity (Wildman–Crippen MR) is 201 cm³/mol. The molecule has 3 atom stereocenters. The first kappa shape index (κ1) is 35.9. The Kier molecular flexibility index (Phi) is 10.8. The third kappa shape index (κ3) is 8.42. The predicted octanol–water partition coefficient (Wildman–Crippen LogP) is 7.54. The van der Waals surface area contributed by atoms with Crippen LogP contribution < -0.4 is 24.8 Å². The summed E-state index contributed by atoms with van der Waals surface area (Å²) in [6.07, 6.45) is 0.379. The van der Waals surface area contributed by atoms with Crippen molar-refractivity contribution in [2.75, 3.05) is 13.7 Å². The average Bonchev–Trinajstić information content (AvgIpc) is 3.20. The maximum absolute atomic E-state index is 13.5. The molecule has 0 bridgehead atoms. The summed E-state index contributed by atoms with van der Waals surface area (Å²) in [4.78, 5) is 26.3. The fourth-order valence-corrected chi connectivity index (χ4v) is 6.74. The Hall–Kier alpha value is -5.53. The number of nitrogens with one attached hydrogen (secondary N) is 2. The average molecular weight is 749 g/mol. The minimum absolute atomic E-state index is 0.268. The first-order valence-electron chi connectivity index (χ1n) is 17.1. The molecule has 5 aromatic rings. The molecule has 0 radical (unpaired) electrons. The number of hydrogen-bond acceptors (Lipinski definition) is 8. The van der Waals surface area contributed by atoms with Gasteiger partial charge in [-0.1, -0.05) is 77.8 Å². The lowest BCUT2D eigenvalue weighted by atomic mass is 9.94. The van der Waals surface area contributed by atoms with Crippen LogP contribution >= 0.6 is 23.2 Å². The third-order valence-electron chi connectivity index (χ3n) is 9.39. The van der Waals surface area contributed by atoms with E-state index in [1.807, 2.05) is 78.9 Å². The third-order valence-corrected chi connectivity index (χ3v) is 10.1. The molecule has 0 fully saturated rings. The molecule has 11 heteroatoms. The zero-order valence-corrected chi connectivity index (χ0v) is 30.2. The molecule has 2 heterocycles. The number of amides is 1. The van der Waals surface area contributed by atoms with Crippen molar-refractivity contribution in [2.45, 2.75) is 44.2 Å². The molecule has 0 spiro atoms. The summed E-state index contributed by atoms with van der Waals surface area (Å²) in [6, 6.07) is 32.8. The highest BCUT2D eigenvalue weighted by Gasteiger charge is 2.31. The van der Waals surface area contributed by atoms with E-state index in [0.717, 1.165) is 38.9 Å². The topological polar surface area (TPSA) is 119 Å². The van der Waals surface area contributed by atoms with Gasteiger partial charge in [0, 0.05) is 13.0 Å². The van der Waals surface area contributed by atoms with Gasteiger partial charge in [0.15, 0.2) is 17.6 Å². The van der Waals surface area contributed by atoms with Gasteiger partial charge in [0.1, 0.15) is 25.0 Å². The molecule has 9 nitrogen and oxygen atoms in total. The summed E-state index contributed by atoms with van der Waals surface area (Å²) in [5, 5.41) is 16.3. The van der Waals surface area contributed by atoms with E-state index in [9.17, 15) is 9.59 Å². The molecule has 268 valence electrons. The Labute approximate surface area is 317 Å². The fraction of sp³-hybridized carbons (Fsp3) is 0.214. The van der Waals surface area contributed by atoms with Gasteiger partial charge >= 0.3 is 5.97 Å². The van der Waals surface area contributed by atoms with Crippen LogP contribution in [0.15, 0.2) is 103 Å². The van der Waals surface area contributed by atoms with E-state index in [-0.39, 0.29) is 18.4 Å². The van der Waals surface area contributed by atoms with E-state index in [0.29, 0.717) is 59.0 Å². The van der Waals surface area contributed by atoms with Gasteiger partial charge in [-0.05, 0) is 93.9 Å². The van der Waals surface area contributed by atoms with Gasteiger partial charge in [0.2, 0.25) is 5.91 Å². The lowest BCUT2D eigenvalue weighted by Gasteiger charge is -2.31. The molecule has 0 saturated carbocycles. The zero-order valence-electron chi connectivity index (χ0n) is 28.7. The molecule has 2 N–H and O–H groups in total. The summed E-state index contributed by atoms with van der Waals surface area (Å²) >= 11 is 12.1. The zero-order chi connectivity index (χ0) is 36.9. The van der Waals surface area contributed by atoms with Crippen molar-refractivity contribution in [2.24, 2.45) is 0 Å². The van der Waals surface area contributed by atoms with E-state index >= 15 is 0 Å². The molecule has 53 heavy (non-hydrogen) atoms. The molecule has 1 unspecified atom stereocenters. The summed E-state index contributed by atoms with van der Waals surface area (Å²) in [7, 11) is 1.31. The van der Waals surface area contributed by atoms with Crippen LogP contribution in [0.3, 0.4) is 0 Å². The smallest absolute Gasteiger partial charge is 0.328 e. The van der Waals surface area contributed by atoms with Gasteiger partial charge in [-0.25, -0.2) is 4.79 Å². The van der Waals surface area contributed by atoms with Gasteiger partial charge in [0.25, 0.3) is 0 Å². The Morgan fingerprint density at radius 1 is 0.887 bits per heavy atom. The van der Waals surface area contributed by atoms with Crippen molar-refractivity contribution in [1.29, 1.82) is 5.26 Å². The number of carbonyl (C=O) groups is 2. The number of ether oxygens (including phenoxy) is 4. The summed E-state index contributed by atoms with van der Waals surface area (Å²) < 4.78 is 23.5. The number of hydrogen-bond donors (Lipinski definition) is 2. The summed E-state index contributed by atoms with van der Waals surface area (Å²) in [5.41, 5.74) is 7.27. The monoisotopic (exact) mass is 747 g/mol. The standard InChI is InChI=1S/C42H35Cl2N3O6/c1-50-42(49)37(17-25-2-7-28(8-3-25)29-9-4-26(21-45)5-10-29)47-41(48)36-18-31-19-38-39(20-32(31)22-46-36)53-40(24-52-38)30-11-13-33(14-12-30)51-23-27-6-15-34(43)35(44)16-27/h2-16,19-20,36-37,40,46H,17-18,22-24H2,1H3,(H,47,48)/t36-,37+,40?/m0/s1. The molecule has 2 aliphatic heterocycles. The number of nitrogens with zero attached hydrogens (tertiary/aromatic N) is 1. The van der Waals surface area contributed by atoms with Crippen molar-refractivity contribution in [3.8, 4) is 34.4 Å². The van der Waals surface area contributed by atoms with E-state index in [4.69, 9.17) is 47.4 Å². The lowest BCUT2D eigenvalue weighted by Crippen LogP contribution is -2.53. The maximum Gasteiger partial charge on any atom is 0.328 e. The first-order chi connectivity index (χ1) is 25.8. The molecule has 0 aliphatic carbocycles. The molecule has 5 aromatic carbocycles. The van der Waals surface area contributed by atoms with Crippen LogP contribution in [0.5, 0.6) is 17.2 Å². The van der Waals surface area contributed by atoms with Crippen molar-refractivity contribution < 1.29 is 28.5 Å². The highest BCUT2D eigenvalue weighted by molar-refractivity contribution is 6.42. The van der Waals surface area contributed by atoms with Crippen molar-refractivity contribution >= 4 is 35.1 Å². The number of benzene rings is 5. The second-order valence-corrected chi connectivity index (χ2v) is 13.7. The number of methoxy groups -OCH3 is 1. The van der Waals surface area contributed by atoms with Crippen molar-refractivity contribution in [1.82, 2.24) is 10.6 Å². The number of esters is 1. The fourth-order valence-electron chi connectivity index (χ4n) is 6.42. The van der Waals surface area contributed by atoms with Crippen LogP contribution in [0, 0.1) is 11.3 Å². The molecule has 1 amide bonds. The van der Waals surface area contributed by atoms with Crippen LogP contribution in [0.2, 0.25) is 10.0 Å². The minimum Gasteiger partial charge on any atom is -0.489 e. The van der Waals surface area contributed by atoms with E-state index < -0.39 is 18.1 Å². The Morgan fingerprint density at radius 3 is 2.28 bits per heavy atom. The van der Waals surface area contributed by atoms with Crippen molar-refractivity contribution in [3.63, 3.8) is 0 Å². The number of carbonyl (C=O) groups excluding carboxylic acids is 2.